The molecule has 0 N–H and O–H groups in total. The first-order valence-electron chi connectivity index (χ1n) is 5.74. The fourth-order valence-corrected chi connectivity index (χ4v) is 2.46. The Kier molecular flexibility index (Phi) is 2.91. The molecule has 4 nitrogen and oxygen atoms in total. The van der Waals surface area contributed by atoms with E-state index < -0.39 is 0 Å². The summed E-state index contributed by atoms with van der Waals surface area (Å²) in [7, 11) is 0. The molecule has 94 valence electrons. The highest BCUT2D eigenvalue weighted by Crippen LogP contribution is 2.26. The van der Waals surface area contributed by atoms with E-state index in [1.165, 1.54) is 12.1 Å². The van der Waals surface area contributed by atoms with Crippen LogP contribution in [-0.2, 0) is 19.0 Å². The SMILES string of the molecule is Fc1ccc(N2CCn3cnnc3C2)c(CCl)c1. The molecule has 1 aliphatic heterocycles. The number of hydrogen-bond donors (Lipinski definition) is 0. The lowest BCUT2D eigenvalue weighted by atomic mass is 10.1. The van der Waals surface area contributed by atoms with Crippen LogP contribution in [0.4, 0.5) is 10.1 Å². The Morgan fingerprint density at radius 2 is 2.22 bits per heavy atom. The van der Waals surface area contributed by atoms with E-state index in [9.17, 15) is 4.39 Å². The number of anilines is 1. The smallest absolute Gasteiger partial charge is 0.152 e. The summed E-state index contributed by atoms with van der Waals surface area (Å²) in [5.74, 6) is 0.969. The number of hydrogen-bond acceptors (Lipinski definition) is 3. The van der Waals surface area contributed by atoms with Gasteiger partial charge in [0.1, 0.15) is 12.1 Å². The lowest BCUT2D eigenvalue weighted by Crippen LogP contribution is -2.34. The van der Waals surface area contributed by atoms with Crippen molar-refractivity contribution in [2.24, 2.45) is 0 Å². The zero-order chi connectivity index (χ0) is 12.5. The molecule has 2 heterocycles. The van der Waals surface area contributed by atoms with Crippen molar-refractivity contribution in [2.75, 3.05) is 11.4 Å². The summed E-state index contributed by atoms with van der Waals surface area (Å²) in [5, 5.41) is 7.96. The number of alkyl halides is 1. The van der Waals surface area contributed by atoms with E-state index in [-0.39, 0.29) is 5.82 Å². The lowest BCUT2D eigenvalue weighted by molar-refractivity contribution is 0.558. The van der Waals surface area contributed by atoms with Gasteiger partial charge in [-0.05, 0) is 23.8 Å². The molecule has 0 spiro atoms. The molecule has 2 aromatic rings. The maximum absolute atomic E-state index is 13.2. The number of nitrogens with zero attached hydrogens (tertiary/aromatic N) is 4. The van der Waals surface area contributed by atoms with Crippen LogP contribution in [0.15, 0.2) is 24.5 Å². The topological polar surface area (TPSA) is 34.0 Å². The number of benzene rings is 1. The summed E-state index contributed by atoms with van der Waals surface area (Å²) in [5.41, 5.74) is 1.78. The maximum Gasteiger partial charge on any atom is 0.152 e. The highest BCUT2D eigenvalue weighted by atomic mass is 35.5. The van der Waals surface area contributed by atoms with Gasteiger partial charge in [0.15, 0.2) is 5.82 Å². The molecule has 0 bridgehead atoms. The van der Waals surface area contributed by atoms with Gasteiger partial charge in [0.25, 0.3) is 0 Å². The van der Waals surface area contributed by atoms with Crippen LogP contribution in [0, 0.1) is 5.82 Å². The van der Waals surface area contributed by atoms with Gasteiger partial charge in [-0.3, -0.25) is 0 Å². The van der Waals surface area contributed by atoms with Gasteiger partial charge in [-0.25, -0.2) is 4.39 Å². The largest absolute Gasteiger partial charge is 0.362 e. The summed E-state index contributed by atoms with van der Waals surface area (Å²) in [6, 6.07) is 4.73. The van der Waals surface area contributed by atoms with Crippen LogP contribution in [0.5, 0.6) is 0 Å². The van der Waals surface area contributed by atoms with Crippen LogP contribution in [0.25, 0.3) is 0 Å². The number of aromatic nitrogens is 3. The Bertz CT molecular complexity index is 569. The highest BCUT2D eigenvalue weighted by Gasteiger charge is 2.19. The molecule has 0 unspecified atom stereocenters. The first kappa shape index (κ1) is 11.5. The first-order valence-corrected chi connectivity index (χ1v) is 6.27. The fourth-order valence-electron chi connectivity index (χ4n) is 2.24. The molecule has 0 radical (unpaired) electrons. The van der Waals surface area contributed by atoms with Crippen LogP contribution >= 0.6 is 11.6 Å². The third kappa shape index (κ3) is 1.95. The standard InChI is InChI=1S/C12H12ClFN4/c13-6-9-5-10(14)1-2-11(9)17-3-4-18-8-15-16-12(18)7-17/h1-2,5,8H,3-4,6-7H2. The molecule has 18 heavy (non-hydrogen) atoms. The van der Waals surface area contributed by atoms with Crippen molar-refractivity contribution in [3.63, 3.8) is 0 Å². The summed E-state index contributed by atoms with van der Waals surface area (Å²) in [6.45, 7) is 2.36. The normalized spacial score (nSPS) is 14.7. The minimum absolute atomic E-state index is 0.255. The Hall–Kier alpha value is -1.62. The van der Waals surface area contributed by atoms with Gasteiger partial charge in [-0.15, -0.1) is 21.8 Å². The van der Waals surface area contributed by atoms with Gasteiger partial charge in [0, 0.05) is 24.7 Å². The van der Waals surface area contributed by atoms with Crippen LogP contribution in [0.1, 0.15) is 11.4 Å². The van der Waals surface area contributed by atoms with Crippen molar-refractivity contribution in [1.29, 1.82) is 0 Å². The molecule has 6 heteroatoms. The average molecular weight is 267 g/mol. The second-order valence-corrected chi connectivity index (χ2v) is 4.54. The predicted octanol–water partition coefficient (Wildman–Crippen LogP) is 2.18. The molecule has 0 amide bonds. The molecular weight excluding hydrogens is 255 g/mol. The Morgan fingerprint density at radius 3 is 3.06 bits per heavy atom. The van der Waals surface area contributed by atoms with Crippen LogP contribution in [0.3, 0.4) is 0 Å². The van der Waals surface area contributed by atoms with Gasteiger partial charge in [-0.2, -0.15) is 0 Å². The number of halogens is 2. The van der Waals surface area contributed by atoms with Crippen molar-refractivity contribution in [3.05, 3.63) is 41.7 Å². The van der Waals surface area contributed by atoms with E-state index >= 15 is 0 Å². The van der Waals surface area contributed by atoms with E-state index in [2.05, 4.69) is 15.1 Å². The summed E-state index contributed by atoms with van der Waals surface area (Å²) >= 11 is 5.88. The monoisotopic (exact) mass is 266 g/mol. The van der Waals surface area contributed by atoms with E-state index in [0.717, 1.165) is 30.2 Å². The lowest BCUT2D eigenvalue weighted by Gasteiger charge is -2.30. The van der Waals surface area contributed by atoms with E-state index in [1.54, 1.807) is 12.4 Å². The minimum atomic E-state index is -0.255. The maximum atomic E-state index is 13.2. The van der Waals surface area contributed by atoms with Crippen molar-refractivity contribution in [3.8, 4) is 0 Å². The number of rotatable bonds is 2. The minimum Gasteiger partial charge on any atom is -0.362 e. The number of fused-ring (bicyclic) bond motifs is 1. The Labute approximate surface area is 109 Å². The summed E-state index contributed by atoms with van der Waals surface area (Å²) in [6.07, 6.45) is 1.74. The molecule has 0 fully saturated rings. The van der Waals surface area contributed by atoms with Crippen molar-refractivity contribution in [2.45, 2.75) is 19.0 Å². The third-order valence-corrected chi connectivity index (χ3v) is 3.45. The highest BCUT2D eigenvalue weighted by molar-refractivity contribution is 6.17. The Balaban J connectivity index is 1.93. The van der Waals surface area contributed by atoms with E-state index in [0.29, 0.717) is 12.4 Å². The molecule has 0 saturated carbocycles. The van der Waals surface area contributed by atoms with Crippen molar-refractivity contribution >= 4 is 17.3 Å². The van der Waals surface area contributed by atoms with E-state index in [1.807, 2.05) is 4.57 Å². The predicted molar refractivity (Wildman–Crippen MR) is 67.0 cm³/mol. The summed E-state index contributed by atoms with van der Waals surface area (Å²) < 4.78 is 15.2. The first-order chi connectivity index (χ1) is 8.78. The van der Waals surface area contributed by atoms with Gasteiger partial charge < -0.3 is 9.47 Å². The average Bonchev–Trinajstić information content (AvgIpc) is 2.85. The van der Waals surface area contributed by atoms with Crippen LogP contribution in [-0.4, -0.2) is 21.3 Å². The van der Waals surface area contributed by atoms with Crippen molar-refractivity contribution < 1.29 is 4.39 Å². The molecule has 1 aliphatic rings. The third-order valence-electron chi connectivity index (χ3n) is 3.17. The second-order valence-electron chi connectivity index (χ2n) is 4.27. The van der Waals surface area contributed by atoms with Crippen LogP contribution in [0.2, 0.25) is 0 Å². The molecule has 0 saturated heterocycles. The quantitative estimate of drug-likeness (QED) is 0.782. The van der Waals surface area contributed by atoms with Gasteiger partial charge >= 0.3 is 0 Å². The molecule has 1 aromatic carbocycles. The van der Waals surface area contributed by atoms with Crippen molar-refractivity contribution in [1.82, 2.24) is 14.8 Å². The fraction of sp³-hybridized carbons (Fsp3) is 0.333. The molecular formula is C12H12ClFN4. The van der Waals surface area contributed by atoms with Gasteiger partial charge in [-0.1, -0.05) is 0 Å². The molecule has 1 aromatic heterocycles. The van der Waals surface area contributed by atoms with E-state index in [4.69, 9.17) is 11.6 Å². The van der Waals surface area contributed by atoms with Gasteiger partial charge in [0.05, 0.1) is 6.54 Å². The zero-order valence-corrected chi connectivity index (χ0v) is 10.4. The molecule has 3 rings (SSSR count). The van der Waals surface area contributed by atoms with Crippen LogP contribution < -0.4 is 4.90 Å². The molecule has 0 aliphatic carbocycles. The zero-order valence-electron chi connectivity index (χ0n) is 9.68. The molecule has 0 atom stereocenters. The van der Waals surface area contributed by atoms with Gasteiger partial charge in [0.2, 0.25) is 0 Å². The second kappa shape index (κ2) is 4.57. The summed E-state index contributed by atoms with van der Waals surface area (Å²) in [4.78, 5) is 2.15. The Morgan fingerprint density at radius 1 is 1.33 bits per heavy atom.